The number of carboxylic acid groups (broad SMARTS) is 1. The number of fused-ring (bicyclic) bond motifs is 1. The summed E-state index contributed by atoms with van der Waals surface area (Å²) in [6, 6.07) is 9.12. The number of aromatic nitrogens is 1. The SMILES string of the molecule is C=CCc1nc2ccccc2cc1C(=O)O. The van der Waals surface area contributed by atoms with E-state index in [2.05, 4.69) is 11.6 Å². The van der Waals surface area contributed by atoms with E-state index in [1.165, 1.54) is 0 Å². The van der Waals surface area contributed by atoms with E-state index in [9.17, 15) is 4.79 Å². The van der Waals surface area contributed by atoms with Crippen LogP contribution < -0.4 is 0 Å². The second-order valence-electron chi connectivity index (χ2n) is 3.47. The third-order valence-electron chi connectivity index (χ3n) is 2.37. The minimum absolute atomic E-state index is 0.249. The van der Waals surface area contributed by atoms with Crippen LogP contribution in [0.2, 0.25) is 0 Å². The molecule has 3 heteroatoms. The molecule has 2 aromatic rings. The lowest BCUT2D eigenvalue weighted by molar-refractivity contribution is 0.0695. The first-order chi connectivity index (χ1) is 7.72. The molecule has 1 N–H and O–H groups in total. The Labute approximate surface area is 93.1 Å². The molecule has 3 nitrogen and oxygen atoms in total. The molecule has 0 aliphatic carbocycles. The van der Waals surface area contributed by atoms with E-state index < -0.39 is 5.97 Å². The number of aromatic carboxylic acids is 1. The largest absolute Gasteiger partial charge is 0.478 e. The fourth-order valence-corrected chi connectivity index (χ4v) is 1.63. The zero-order chi connectivity index (χ0) is 11.5. The molecule has 80 valence electrons. The lowest BCUT2D eigenvalue weighted by Gasteiger charge is -2.05. The summed E-state index contributed by atoms with van der Waals surface area (Å²) in [4.78, 5) is 15.4. The summed E-state index contributed by atoms with van der Waals surface area (Å²) >= 11 is 0. The molecular formula is C13H11NO2. The molecule has 0 amide bonds. The van der Waals surface area contributed by atoms with Crippen molar-refractivity contribution in [3.63, 3.8) is 0 Å². The third kappa shape index (κ3) is 1.80. The molecule has 1 aromatic carbocycles. The van der Waals surface area contributed by atoms with Crippen molar-refractivity contribution in [2.45, 2.75) is 6.42 Å². The maximum Gasteiger partial charge on any atom is 0.337 e. The fourth-order valence-electron chi connectivity index (χ4n) is 1.63. The number of allylic oxidation sites excluding steroid dienone is 1. The maximum atomic E-state index is 11.1. The van der Waals surface area contributed by atoms with Gasteiger partial charge in [-0.1, -0.05) is 24.3 Å². The van der Waals surface area contributed by atoms with Crippen molar-refractivity contribution in [1.82, 2.24) is 4.98 Å². The molecule has 1 heterocycles. The van der Waals surface area contributed by atoms with Gasteiger partial charge in [-0.25, -0.2) is 4.79 Å². The van der Waals surface area contributed by atoms with Crippen molar-refractivity contribution < 1.29 is 9.90 Å². The van der Waals surface area contributed by atoms with Crippen molar-refractivity contribution in [1.29, 1.82) is 0 Å². The number of hydrogen-bond acceptors (Lipinski definition) is 2. The van der Waals surface area contributed by atoms with E-state index in [1.807, 2.05) is 24.3 Å². The Balaban J connectivity index is 2.70. The summed E-state index contributed by atoms with van der Waals surface area (Å²) in [5, 5.41) is 9.92. The Kier molecular flexibility index (Phi) is 2.68. The van der Waals surface area contributed by atoms with Crippen molar-refractivity contribution in [3.8, 4) is 0 Å². The fraction of sp³-hybridized carbons (Fsp3) is 0.0769. The average Bonchev–Trinajstić information content (AvgIpc) is 2.28. The second kappa shape index (κ2) is 4.14. The van der Waals surface area contributed by atoms with Crippen LogP contribution in [0, 0.1) is 0 Å². The number of benzene rings is 1. The van der Waals surface area contributed by atoms with Gasteiger partial charge in [-0.05, 0) is 12.1 Å². The van der Waals surface area contributed by atoms with E-state index in [0.717, 1.165) is 10.9 Å². The maximum absolute atomic E-state index is 11.1. The highest BCUT2D eigenvalue weighted by Gasteiger charge is 2.11. The molecular weight excluding hydrogens is 202 g/mol. The smallest absolute Gasteiger partial charge is 0.337 e. The number of nitrogens with zero attached hydrogens (tertiary/aromatic N) is 1. The number of para-hydroxylation sites is 1. The first kappa shape index (κ1) is 10.4. The Hall–Kier alpha value is -2.16. The minimum Gasteiger partial charge on any atom is -0.478 e. The van der Waals surface area contributed by atoms with E-state index in [1.54, 1.807) is 12.1 Å². The van der Waals surface area contributed by atoms with Gasteiger partial charge in [0.15, 0.2) is 0 Å². The predicted molar refractivity (Wildman–Crippen MR) is 62.6 cm³/mol. The van der Waals surface area contributed by atoms with E-state index in [-0.39, 0.29) is 5.56 Å². The summed E-state index contributed by atoms with van der Waals surface area (Å²) in [5.41, 5.74) is 1.61. The normalized spacial score (nSPS) is 10.2. The molecule has 0 unspecified atom stereocenters. The van der Waals surface area contributed by atoms with Crippen LogP contribution in [0.25, 0.3) is 10.9 Å². The van der Waals surface area contributed by atoms with E-state index in [0.29, 0.717) is 12.1 Å². The van der Waals surface area contributed by atoms with Gasteiger partial charge < -0.3 is 5.11 Å². The summed E-state index contributed by atoms with van der Waals surface area (Å²) < 4.78 is 0. The van der Waals surface area contributed by atoms with Crippen molar-refractivity contribution in [3.05, 3.63) is 54.2 Å². The van der Waals surface area contributed by atoms with Crippen molar-refractivity contribution >= 4 is 16.9 Å². The number of rotatable bonds is 3. The third-order valence-corrected chi connectivity index (χ3v) is 2.37. The summed E-state index contributed by atoms with van der Waals surface area (Å²) in [5.74, 6) is -0.949. The second-order valence-corrected chi connectivity index (χ2v) is 3.47. The van der Waals surface area contributed by atoms with Crippen LogP contribution in [0.5, 0.6) is 0 Å². The molecule has 0 fully saturated rings. The zero-order valence-electron chi connectivity index (χ0n) is 8.68. The number of carboxylic acids is 1. The van der Waals surface area contributed by atoms with E-state index >= 15 is 0 Å². The number of carbonyl (C=O) groups is 1. The van der Waals surface area contributed by atoms with Gasteiger partial charge in [0.2, 0.25) is 0 Å². The summed E-state index contributed by atoms with van der Waals surface area (Å²) in [6.45, 7) is 3.60. The topological polar surface area (TPSA) is 50.2 Å². The van der Waals surface area contributed by atoms with Crippen LogP contribution in [-0.2, 0) is 6.42 Å². The molecule has 0 atom stereocenters. The van der Waals surface area contributed by atoms with Crippen LogP contribution >= 0.6 is 0 Å². The molecule has 0 saturated carbocycles. The predicted octanol–water partition coefficient (Wildman–Crippen LogP) is 2.66. The van der Waals surface area contributed by atoms with Gasteiger partial charge in [0.25, 0.3) is 0 Å². The van der Waals surface area contributed by atoms with Gasteiger partial charge in [-0.15, -0.1) is 6.58 Å². The first-order valence-electron chi connectivity index (χ1n) is 4.95. The zero-order valence-corrected chi connectivity index (χ0v) is 8.68. The number of pyridine rings is 1. The monoisotopic (exact) mass is 213 g/mol. The van der Waals surface area contributed by atoms with Gasteiger partial charge in [-0.2, -0.15) is 0 Å². The Bertz CT molecular complexity index is 561. The molecule has 0 aliphatic rings. The molecule has 0 radical (unpaired) electrons. The van der Waals surface area contributed by atoms with Crippen LogP contribution in [0.1, 0.15) is 16.1 Å². The lowest BCUT2D eigenvalue weighted by atomic mass is 10.1. The molecule has 1 aromatic heterocycles. The molecule has 0 aliphatic heterocycles. The van der Waals surface area contributed by atoms with Crippen LogP contribution in [0.15, 0.2) is 43.0 Å². The van der Waals surface area contributed by atoms with Crippen LogP contribution in [0.3, 0.4) is 0 Å². The highest BCUT2D eigenvalue weighted by Crippen LogP contribution is 2.17. The van der Waals surface area contributed by atoms with E-state index in [4.69, 9.17) is 5.11 Å². The molecule has 0 saturated heterocycles. The van der Waals surface area contributed by atoms with Gasteiger partial charge >= 0.3 is 5.97 Å². The first-order valence-corrected chi connectivity index (χ1v) is 4.95. The quantitative estimate of drug-likeness (QED) is 0.797. The van der Waals surface area contributed by atoms with Gasteiger partial charge in [-0.3, -0.25) is 4.98 Å². The molecule has 0 bridgehead atoms. The Morgan fingerprint density at radius 2 is 2.19 bits per heavy atom. The minimum atomic E-state index is -0.949. The highest BCUT2D eigenvalue weighted by atomic mass is 16.4. The average molecular weight is 213 g/mol. The summed E-state index contributed by atoms with van der Waals surface area (Å²) in [6.07, 6.45) is 2.12. The van der Waals surface area contributed by atoms with Crippen molar-refractivity contribution in [2.24, 2.45) is 0 Å². The van der Waals surface area contributed by atoms with Gasteiger partial charge in [0.1, 0.15) is 0 Å². The lowest BCUT2D eigenvalue weighted by Crippen LogP contribution is -2.04. The van der Waals surface area contributed by atoms with Gasteiger partial charge in [0, 0.05) is 11.8 Å². The van der Waals surface area contributed by atoms with Crippen molar-refractivity contribution in [2.75, 3.05) is 0 Å². The van der Waals surface area contributed by atoms with Crippen LogP contribution in [-0.4, -0.2) is 16.1 Å². The number of hydrogen-bond donors (Lipinski definition) is 1. The molecule has 0 spiro atoms. The van der Waals surface area contributed by atoms with Gasteiger partial charge in [0.05, 0.1) is 16.8 Å². The Morgan fingerprint density at radius 1 is 1.44 bits per heavy atom. The summed E-state index contributed by atoms with van der Waals surface area (Å²) in [7, 11) is 0. The Morgan fingerprint density at radius 3 is 2.88 bits per heavy atom. The van der Waals surface area contributed by atoms with Crippen LogP contribution in [0.4, 0.5) is 0 Å². The molecule has 2 rings (SSSR count). The standard InChI is InChI=1S/C13H11NO2/c1-2-5-12-10(13(15)16)8-9-6-3-4-7-11(9)14-12/h2-4,6-8H,1,5H2,(H,15,16). The highest BCUT2D eigenvalue weighted by molar-refractivity contribution is 5.94. The molecule has 16 heavy (non-hydrogen) atoms.